The van der Waals surface area contributed by atoms with Crippen molar-refractivity contribution < 1.29 is 14.9 Å². The Morgan fingerprint density at radius 3 is 3.00 bits per heavy atom. The first-order valence-corrected chi connectivity index (χ1v) is 6.04. The Bertz CT molecular complexity index is 587. The van der Waals surface area contributed by atoms with Crippen LogP contribution in [0.5, 0.6) is 0 Å². The van der Waals surface area contributed by atoms with Crippen LogP contribution in [0.3, 0.4) is 0 Å². The molecule has 8 heteroatoms. The molecule has 4 N–H and O–H groups in total. The van der Waals surface area contributed by atoms with Gasteiger partial charge in [-0.15, -0.1) is 0 Å². The minimum atomic E-state index is -0.708. The molecule has 0 aliphatic carbocycles. The molecule has 0 aromatic carbocycles. The molecule has 3 atom stereocenters. The van der Waals surface area contributed by atoms with E-state index in [-0.39, 0.29) is 12.6 Å². The number of hydrogen-bond acceptors (Lipinski definition) is 7. The van der Waals surface area contributed by atoms with Crippen LogP contribution in [-0.2, 0) is 4.74 Å². The molecule has 0 amide bonds. The second kappa shape index (κ2) is 4.72. The molecule has 0 bridgehead atoms. The van der Waals surface area contributed by atoms with Gasteiger partial charge in [-0.2, -0.15) is 0 Å². The van der Waals surface area contributed by atoms with E-state index in [0.717, 1.165) is 0 Å². The van der Waals surface area contributed by atoms with Crippen molar-refractivity contribution in [2.45, 2.75) is 24.7 Å². The SMILES string of the molecule is Nc1ncnc2c1ncn2[C@H]1CO[C@@H](CO)[C@H](O)C1. The summed E-state index contributed by atoms with van der Waals surface area (Å²) in [5.74, 6) is 0.328. The number of aliphatic hydroxyl groups excluding tert-OH is 2. The zero-order valence-electron chi connectivity index (χ0n) is 10.2. The van der Waals surface area contributed by atoms with Crippen molar-refractivity contribution in [2.24, 2.45) is 0 Å². The van der Waals surface area contributed by atoms with E-state index in [1.807, 2.05) is 4.57 Å². The summed E-state index contributed by atoms with van der Waals surface area (Å²) in [5.41, 5.74) is 6.89. The molecule has 1 aliphatic rings. The van der Waals surface area contributed by atoms with Gasteiger partial charge in [0, 0.05) is 0 Å². The Morgan fingerprint density at radius 1 is 1.42 bits per heavy atom. The molecule has 0 saturated carbocycles. The number of anilines is 1. The smallest absolute Gasteiger partial charge is 0.165 e. The molecule has 1 saturated heterocycles. The normalized spacial score (nSPS) is 27.8. The van der Waals surface area contributed by atoms with Crippen molar-refractivity contribution in [1.82, 2.24) is 19.5 Å². The monoisotopic (exact) mass is 265 g/mol. The Labute approximate surface area is 108 Å². The third-order valence-corrected chi connectivity index (χ3v) is 3.41. The molecule has 3 heterocycles. The molecular formula is C11H15N5O3. The lowest BCUT2D eigenvalue weighted by Crippen LogP contribution is -2.41. The number of nitrogen functional groups attached to an aromatic ring is 1. The van der Waals surface area contributed by atoms with Crippen LogP contribution < -0.4 is 5.73 Å². The summed E-state index contributed by atoms with van der Waals surface area (Å²) in [6.07, 6.45) is 2.24. The maximum atomic E-state index is 9.89. The van der Waals surface area contributed by atoms with Crippen molar-refractivity contribution >= 4 is 17.0 Å². The maximum absolute atomic E-state index is 9.89. The summed E-state index contributed by atoms with van der Waals surface area (Å²) in [6, 6.07) is -0.0860. The third-order valence-electron chi connectivity index (χ3n) is 3.41. The highest BCUT2D eigenvalue weighted by molar-refractivity contribution is 5.81. The molecule has 8 nitrogen and oxygen atoms in total. The van der Waals surface area contributed by atoms with Crippen LogP contribution in [0.1, 0.15) is 12.5 Å². The number of hydrogen-bond donors (Lipinski definition) is 3. The number of imidazole rings is 1. The first-order valence-electron chi connectivity index (χ1n) is 6.04. The lowest BCUT2D eigenvalue weighted by Gasteiger charge is -2.32. The molecule has 102 valence electrons. The van der Waals surface area contributed by atoms with Gasteiger partial charge < -0.3 is 25.3 Å². The zero-order valence-corrected chi connectivity index (χ0v) is 10.2. The molecule has 1 fully saturated rings. The average Bonchev–Trinajstić information content (AvgIpc) is 2.84. The van der Waals surface area contributed by atoms with Gasteiger partial charge in [-0.1, -0.05) is 0 Å². The van der Waals surface area contributed by atoms with E-state index in [0.29, 0.717) is 30.0 Å². The van der Waals surface area contributed by atoms with E-state index in [1.165, 1.54) is 6.33 Å². The van der Waals surface area contributed by atoms with Crippen LogP contribution in [0.15, 0.2) is 12.7 Å². The highest BCUT2D eigenvalue weighted by Crippen LogP contribution is 2.27. The summed E-state index contributed by atoms with van der Waals surface area (Å²) in [7, 11) is 0. The van der Waals surface area contributed by atoms with Gasteiger partial charge in [0.15, 0.2) is 11.5 Å². The first kappa shape index (κ1) is 12.3. The Hall–Kier alpha value is -1.77. The highest BCUT2D eigenvalue weighted by atomic mass is 16.5. The van der Waals surface area contributed by atoms with Crippen molar-refractivity contribution in [3.05, 3.63) is 12.7 Å². The Morgan fingerprint density at radius 2 is 2.26 bits per heavy atom. The van der Waals surface area contributed by atoms with Crippen molar-refractivity contribution in [1.29, 1.82) is 0 Å². The molecule has 1 aliphatic heterocycles. The Balaban J connectivity index is 1.91. The lowest BCUT2D eigenvalue weighted by atomic mass is 10.0. The number of aromatic nitrogens is 4. The van der Waals surface area contributed by atoms with Gasteiger partial charge >= 0.3 is 0 Å². The fourth-order valence-corrected chi connectivity index (χ4v) is 2.35. The van der Waals surface area contributed by atoms with E-state index in [2.05, 4.69) is 15.0 Å². The highest BCUT2D eigenvalue weighted by Gasteiger charge is 2.31. The van der Waals surface area contributed by atoms with E-state index in [4.69, 9.17) is 15.6 Å². The van der Waals surface area contributed by atoms with Gasteiger partial charge in [0.2, 0.25) is 0 Å². The standard InChI is InChI=1S/C11H15N5O3/c12-10-9-11(14-4-13-10)16(5-15-9)6-1-7(18)8(2-17)19-3-6/h4-8,17-18H,1-3H2,(H2,12,13,14)/t6-,7-,8+/m1/s1. The number of rotatable bonds is 2. The molecule has 2 aromatic heterocycles. The fourth-order valence-electron chi connectivity index (χ4n) is 2.35. The quantitative estimate of drug-likeness (QED) is 0.643. The van der Waals surface area contributed by atoms with Crippen molar-refractivity contribution in [3.63, 3.8) is 0 Å². The topological polar surface area (TPSA) is 119 Å². The Kier molecular flexibility index (Phi) is 3.05. The predicted molar refractivity (Wildman–Crippen MR) is 66.2 cm³/mol. The van der Waals surface area contributed by atoms with E-state index < -0.39 is 12.2 Å². The van der Waals surface area contributed by atoms with Crippen LogP contribution in [-0.4, -0.2) is 55.2 Å². The van der Waals surface area contributed by atoms with E-state index in [1.54, 1.807) is 6.33 Å². The summed E-state index contributed by atoms with van der Waals surface area (Å²) in [4.78, 5) is 12.2. The molecule has 0 radical (unpaired) electrons. The number of nitrogens with zero attached hydrogens (tertiary/aromatic N) is 4. The van der Waals surface area contributed by atoms with Crippen LogP contribution in [0, 0.1) is 0 Å². The van der Waals surface area contributed by atoms with Gasteiger partial charge in [0.05, 0.1) is 31.7 Å². The van der Waals surface area contributed by atoms with Gasteiger partial charge in [-0.3, -0.25) is 0 Å². The second-order valence-corrected chi connectivity index (χ2v) is 4.59. The molecule has 3 rings (SSSR count). The fraction of sp³-hybridized carbons (Fsp3) is 0.545. The summed E-state index contributed by atoms with van der Waals surface area (Å²) >= 11 is 0. The zero-order chi connectivity index (χ0) is 13.4. The summed E-state index contributed by atoms with van der Waals surface area (Å²) in [5, 5.41) is 18.9. The van der Waals surface area contributed by atoms with Crippen LogP contribution in [0.25, 0.3) is 11.2 Å². The average molecular weight is 265 g/mol. The molecule has 0 spiro atoms. The van der Waals surface area contributed by atoms with E-state index in [9.17, 15) is 5.11 Å². The molecular weight excluding hydrogens is 250 g/mol. The number of aliphatic hydroxyl groups is 2. The largest absolute Gasteiger partial charge is 0.394 e. The third kappa shape index (κ3) is 2.03. The molecule has 19 heavy (non-hydrogen) atoms. The van der Waals surface area contributed by atoms with Gasteiger partial charge in [-0.25, -0.2) is 15.0 Å². The van der Waals surface area contributed by atoms with Crippen LogP contribution in [0.4, 0.5) is 5.82 Å². The maximum Gasteiger partial charge on any atom is 0.165 e. The van der Waals surface area contributed by atoms with Gasteiger partial charge in [0.25, 0.3) is 0 Å². The lowest BCUT2D eigenvalue weighted by molar-refractivity contribution is -0.112. The van der Waals surface area contributed by atoms with Crippen LogP contribution in [0.2, 0.25) is 0 Å². The summed E-state index contributed by atoms with van der Waals surface area (Å²) in [6.45, 7) is 0.200. The minimum Gasteiger partial charge on any atom is -0.394 e. The predicted octanol–water partition coefficient (Wildman–Crippen LogP) is -0.908. The minimum absolute atomic E-state index is 0.0860. The summed E-state index contributed by atoms with van der Waals surface area (Å²) < 4.78 is 7.26. The molecule has 2 aromatic rings. The molecule has 0 unspecified atom stereocenters. The van der Waals surface area contributed by atoms with Crippen molar-refractivity contribution in [2.75, 3.05) is 18.9 Å². The second-order valence-electron chi connectivity index (χ2n) is 4.59. The van der Waals surface area contributed by atoms with E-state index >= 15 is 0 Å². The number of ether oxygens (including phenoxy) is 1. The number of fused-ring (bicyclic) bond motifs is 1. The van der Waals surface area contributed by atoms with Crippen molar-refractivity contribution in [3.8, 4) is 0 Å². The van der Waals surface area contributed by atoms with Crippen LogP contribution >= 0.6 is 0 Å². The van der Waals surface area contributed by atoms with Gasteiger partial charge in [-0.05, 0) is 6.42 Å². The number of nitrogens with two attached hydrogens (primary N) is 1. The first-order chi connectivity index (χ1) is 9.20. The van der Waals surface area contributed by atoms with Gasteiger partial charge in [0.1, 0.15) is 17.9 Å².